The zero-order valence-corrected chi connectivity index (χ0v) is 16.9. The summed E-state index contributed by atoms with van der Waals surface area (Å²) in [4.78, 5) is 41.9. The molecule has 2 saturated heterocycles. The maximum Gasteiger partial charge on any atom is 0.228 e. The van der Waals surface area contributed by atoms with Gasteiger partial charge in [-0.05, 0) is 37.8 Å². The topological polar surface area (TPSA) is 82.2 Å². The van der Waals surface area contributed by atoms with Gasteiger partial charge in [-0.2, -0.15) is 0 Å². The number of amides is 1. The second-order valence-corrected chi connectivity index (χ2v) is 8.14. The Balaban J connectivity index is 1.35. The normalized spacial score (nSPS) is 19.4. The Hall–Kier alpha value is -3.22. The van der Waals surface area contributed by atoms with Crippen LogP contribution < -0.4 is 4.90 Å². The van der Waals surface area contributed by atoms with Crippen molar-refractivity contribution in [2.75, 3.05) is 31.1 Å². The number of fused-ring (bicyclic) bond motifs is 1. The lowest BCUT2D eigenvalue weighted by molar-refractivity contribution is -0.134. The van der Waals surface area contributed by atoms with Crippen molar-refractivity contribution in [3.63, 3.8) is 0 Å². The number of likely N-dealkylation sites (tertiary alicyclic amines) is 1. The molecule has 0 bridgehead atoms. The van der Waals surface area contributed by atoms with E-state index in [0.717, 1.165) is 51.1 Å². The lowest BCUT2D eigenvalue weighted by Gasteiger charge is -2.34. The minimum absolute atomic E-state index is 0.0336. The van der Waals surface area contributed by atoms with Crippen LogP contribution in [-0.2, 0) is 4.79 Å². The Kier molecular flexibility index (Phi) is 4.94. The summed E-state index contributed by atoms with van der Waals surface area (Å²) in [6, 6.07) is 12.9. The van der Waals surface area contributed by atoms with E-state index in [-0.39, 0.29) is 17.6 Å². The number of carbonyl (C=O) groups is 2. The standard InChI is InChI=1S/C23H25N5O2/c29-20(16-7-2-1-3-8-16)22-24-18-10-11-19(25-21(18)26-22)28-14-6-9-17(15-28)23(30)27-12-4-5-13-27/h1-3,7-8,10-11,17H,4-6,9,12-15H2,(H,24,25,26)/t17-/m1/s1. The highest BCUT2D eigenvalue weighted by Gasteiger charge is 2.31. The number of carbonyl (C=O) groups excluding carboxylic acids is 2. The molecule has 7 nitrogen and oxygen atoms in total. The Bertz CT molecular complexity index is 1070. The SMILES string of the molecule is O=C(c1ccccc1)c1nc2ccc(N3CCC[C@@H](C(=O)N4CCCC4)C3)nc2[nH]1. The molecule has 7 heteroatoms. The van der Waals surface area contributed by atoms with Crippen LogP contribution >= 0.6 is 0 Å². The van der Waals surface area contributed by atoms with Crippen molar-refractivity contribution >= 4 is 28.7 Å². The van der Waals surface area contributed by atoms with Gasteiger partial charge in [0.25, 0.3) is 0 Å². The first-order valence-electron chi connectivity index (χ1n) is 10.7. The van der Waals surface area contributed by atoms with E-state index in [0.29, 0.717) is 29.1 Å². The van der Waals surface area contributed by atoms with Gasteiger partial charge in [-0.1, -0.05) is 30.3 Å². The summed E-state index contributed by atoms with van der Waals surface area (Å²) < 4.78 is 0. The first-order valence-corrected chi connectivity index (χ1v) is 10.7. The first kappa shape index (κ1) is 18.8. The molecule has 2 aliphatic heterocycles. The van der Waals surface area contributed by atoms with E-state index >= 15 is 0 Å². The van der Waals surface area contributed by atoms with Crippen molar-refractivity contribution in [3.8, 4) is 0 Å². The molecule has 0 spiro atoms. The fraction of sp³-hybridized carbons (Fsp3) is 0.391. The van der Waals surface area contributed by atoms with E-state index in [2.05, 4.69) is 14.9 Å². The van der Waals surface area contributed by atoms with E-state index in [4.69, 9.17) is 4.98 Å². The number of piperidine rings is 1. The average molecular weight is 403 g/mol. The van der Waals surface area contributed by atoms with E-state index < -0.39 is 0 Å². The van der Waals surface area contributed by atoms with Crippen molar-refractivity contribution in [1.82, 2.24) is 19.9 Å². The molecule has 30 heavy (non-hydrogen) atoms. The highest BCUT2D eigenvalue weighted by atomic mass is 16.2. The van der Waals surface area contributed by atoms with Gasteiger partial charge in [0.2, 0.25) is 11.7 Å². The average Bonchev–Trinajstić information content (AvgIpc) is 3.48. The highest BCUT2D eigenvalue weighted by Crippen LogP contribution is 2.26. The van der Waals surface area contributed by atoms with Crippen LogP contribution in [0.25, 0.3) is 11.2 Å². The third-order valence-corrected chi connectivity index (χ3v) is 6.09. The molecule has 4 heterocycles. The van der Waals surface area contributed by atoms with Crippen molar-refractivity contribution in [2.45, 2.75) is 25.7 Å². The number of H-pyrrole nitrogens is 1. The second-order valence-electron chi connectivity index (χ2n) is 8.14. The predicted molar refractivity (Wildman–Crippen MR) is 115 cm³/mol. The van der Waals surface area contributed by atoms with Gasteiger partial charge in [-0.15, -0.1) is 0 Å². The van der Waals surface area contributed by atoms with Gasteiger partial charge < -0.3 is 14.8 Å². The van der Waals surface area contributed by atoms with Crippen LogP contribution in [0.5, 0.6) is 0 Å². The van der Waals surface area contributed by atoms with Gasteiger partial charge in [0.05, 0.1) is 5.92 Å². The zero-order valence-electron chi connectivity index (χ0n) is 16.9. The summed E-state index contributed by atoms with van der Waals surface area (Å²) >= 11 is 0. The lowest BCUT2D eigenvalue weighted by atomic mass is 9.96. The Morgan fingerprint density at radius 1 is 0.933 bits per heavy atom. The number of hydrogen-bond acceptors (Lipinski definition) is 5. The fourth-order valence-electron chi connectivity index (χ4n) is 4.48. The zero-order chi connectivity index (χ0) is 20.5. The van der Waals surface area contributed by atoms with E-state index in [1.54, 1.807) is 12.1 Å². The van der Waals surface area contributed by atoms with Crippen LogP contribution in [0.2, 0.25) is 0 Å². The summed E-state index contributed by atoms with van der Waals surface area (Å²) in [7, 11) is 0. The van der Waals surface area contributed by atoms with Crippen molar-refractivity contribution in [2.24, 2.45) is 5.92 Å². The fourth-order valence-corrected chi connectivity index (χ4v) is 4.48. The van der Waals surface area contributed by atoms with Crippen molar-refractivity contribution < 1.29 is 9.59 Å². The van der Waals surface area contributed by atoms with Gasteiger partial charge in [0.1, 0.15) is 11.3 Å². The van der Waals surface area contributed by atoms with Crippen LogP contribution in [0.1, 0.15) is 41.9 Å². The third kappa shape index (κ3) is 3.56. The second kappa shape index (κ2) is 7.89. The van der Waals surface area contributed by atoms with E-state index in [1.807, 2.05) is 35.2 Å². The largest absolute Gasteiger partial charge is 0.356 e. The molecule has 3 aromatic rings. The van der Waals surface area contributed by atoms with Crippen molar-refractivity contribution in [1.29, 1.82) is 0 Å². The molecule has 1 aromatic carbocycles. The van der Waals surface area contributed by atoms with Crippen LogP contribution in [0.4, 0.5) is 5.82 Å². The van der Waals surface area contributed by atoms with E-state index in [9.17, 15) is 9.59 Å². The molecule has 2 fully saturated rings. The number of hydrogen-bond donors (Lipinski definition) is 1. The summed E-state index contributed by atoms with van der Waals surface area (Å²) in [5.74, 6) is 1.29. The molecule has 0 saturated carbocycles. The van der Waals surface area contributed by atoms with Crippen molar-refractivity contribution in [3.05, 3.63) is 53.9 Å². The molecular formula is C23H25N5O2. The summed E-state index contributed by atoms with van der Waals surface area (Å²) in [5, 5.41) is 0. The third-order valence-electron chi connectivity index (χ3n) is 6.09. The molecule has 2 aliphatic rings. The monoisotopic (exact) mass is 403 g/mol. The number of pyridine rings is 1. The number of benzene rings is 1. The van der Waals surface area contributed by atoms with Crippen LogP contribution in [0.15, 0.2) is 42.5 Å². The molecule has 154 valence electrons. The minimum atomic E-state index is -0.149. The molecule has 1 amide bonds. The number of rotatable bonds is 4. The number of nitrogens with one attached hydrogen (secondary N) is 1. The van der Waals surface area contributed by atoms with Gasteiger partial charge in [-0.3, -0.25) is 9.59 Å². The number of imidazole rings is 1. The summed E-state index contributed by atoms with van der Waals surface area (Å²) in [6.07, 6.45) is 4.15. The molecular weight excluding hydrogens is 378 g/mol. The molecule has 1 atom stereocenters. The van der Waals surface area contributed by atoms with Gasteiger partial charge in [0, 0.05) is 31.7 Å². The summed E-state index contributed by atoms with van der Waals surface area (Å²) in [5.41, 5.74) is 1.86. The maximum atomic E-state index is 12.8. The number of nitrogens with zero attached hydrogens (tertiary/aromatic N) is 4. The number of ketones is 1. The smallest absolute Gasteiger partial charge is 0.228 e. The number of anilines is 1. The Labute approximate surface area is 175 Å². The summed E-state index contributed by atoms with van der Waals surface area (Å²) in [6.45, 7) is 3.36. The quantitative estimate of drug-likeness (QED) is 0.677. The predicted octanol–water partition coefficient (Wildman–Crippen LogP) is 3.03. The van der Waals surface area contributed by atoms with Crippen LogP contribution in [-0.4, -0.2) is 57.7 Å². The molecule has 1 N–H and O–H groups in total. The number of aromatic nitrogens is 3. The first-order chi connectivity index (χ1) is 14.7. The molecule has 2 aromatic heterocycles. The molecule has 0 aliphatic carbocycles. The van der Waals surface area contributed by atoms with Crippen LogP contribution in [0, 0.1) is 5.92 Å². The Morgan fingerprint density at radius 2 is 1.73 bits per heavy atom. The van der Waals surface area contributed by atoms with E-state index in [1.165, 1.54) is 0 Å². The highest BCUT2D eigenvalue weighted by molar-refractivity contribution is 6.07. The molecule has 5 rings (SSSR count). The minimum Gasteiger partial charge on any atom is -0.356 e. The number of aromatic amines is 1. The van der Waals surface area contributed by atoms with Gasteiger partial charge >= 0.3 is 0 Å². The lowest BCUT2D eigenvalue weighted by Crippen LogP contribution is -2.44. The van der Waals surface area contributed by atoms with Gasteiger partial charge in [0.15, 0.2) is 11.5 Å². The molecule has 0 radical (unpaired) electrons. The maximum absolute atomic E-state index is 12.8. The molecule has 0 unspecified atom stereocenters. The Morgan fingerprint density at radius 3 is 2.53 bits per heavy atom. The van der Waals surface area contributed by atoms with Crippen LogP contribution in [0.3, 0.4) is 0 Å². The van der Waals surface area contributed by atoms with Gasteiger partial charge in [-0.25, -0.2) is 9.97 Å².